The summed E-state index contributed by atoms with van der Waals surface area (Å²) in [5, 5.41) is 13.9. The summed E-state index contributed by atoms with van der Waals surface area (Å²) in [4.78, 5) is 8.56. The summed E-state index contributed by atoms with van der Waals surface area (Å²) in [6.07, 6.45) is -0.0833. The Hall–Kier alpha value is -1.03. The van der Waals surface area contributed by atoms with E-state index in [9.17, 15) is 0 Å². The molecule has 0 saturated carbocycles. The van der Waals surface area contributed by atoms with Gasteiger partial charge in [0.15, 0.2) is 0 Å². The van der Waals surface area contributed by atoms with Gasteiger partial charge in [-0.05, 0) is 6.92 Å². The molecule has 50 valence electrons. The Balaban J connectivity index is -0.0000000575. The predicted octanol–water partition coefficient (Wildman–Crippen LogP) is 1.58. The van der Waals surface area contributed by atoms with Crippen LogP contribution in [0.1, 0.15) is 6.92 Å². The number of carboxylic acid groups (broad SMARTS) is 2. The highest BCUT2D eigenvalue weighted by molar-refractivity contribution is 5.53. The summed E-state index contributed by atoms with van der Waals surface area (Å²) in [7, 11) is 0. The standard InChI is InChI=1S/C3H6.CH2O3.H3N/c1-3-2;2-1(3)4;/h3H,1H2,2H3;(H2,2,3,4);1H3. The van der Waals surface area contributed by atoms with Gasteiger partial charge in [-0.1, -0.05) is 6.08 Å². The molecule has 0 aromatic carbocycles. The summed E-state index contributed by atoms with van der Waals surface area (Å²) >= 11 is 0. The molecule has 0 aromatic rings. The largest absolute Gasteiger partial charge is 0.503 e. The number of carbonyl (C=O) groups is 1. The molecule has 4 heteroatoms. The van der Waals surface area contributed by atoms with E-state index in [0.717, 1.165) is 0 Å². The Labute approximate surface area is 48.0 Å². The van der Waals surface area contributed by atoms with Crippen LogP contribution in [0, 0.1) is 0 Å². The van der Waals surface area contributed by atoms with Crippen molar-refractivity contribution >= 4 is 6.16 Å². The molecule has 0 amide bonds. The van der Waals surface area contributed by atoms with Crippen molar-refractivity contribution in [3.63, 3.8) is 0 Å². The zero-order valence-corrected chi connectivity index (χ0v) is 4.79. The molecule has 0 atom stereocenters. The van der Waals surface area contributed by atoms with Crippen LogP contribution in [0.5, 0.6) is 0 Å². The van der Waals surface area contributed by atoms with Crippen molar-refractivity contribution in [1.29, 1.82) is 0 Å². The van der Waals surface area contributed by atoms with E-state index >= 15 is 0 Å². The minimum absolute atomic E-state index is 0. The van der Waals surface area contributed by atoms with E-state index in [1.165, 1.54) is 0 Å². The lowest BCUT2D eigenvalue weighted by atomic mass is 10.8. The van der Waals surface area contributed by atoms with Crippen LogP contribution in [-0.2, 0) is 0 Å². The first-order valence-corrected chi connectivity index (χ1v) is 1.64. The minimum atomic E-state index is -1.83. The third-order valence-electron chi connectivity index (χ3n) is 0. The minimum Gasteiger partial charge on any atom is -0.450 e. The second kappa shape index (κ2) is 16.7. The lowest BCUT2D eigenvalue weighted by Gasteiger charge is -1.60. The van der Waals surface area contributed by atoms with Crippen molar-refractivity contribution in [3.05, 3.63) is 12.7 Å². The van der Waals surface area contributed by atoms with Crippen LogP contribution in [0.15, 0.2) is 12.7 Å². The quantitative estimate of drug-likeness (QED) is 0.424. The van der Waals surface area contributed by atoms with Crippen molar-refractivity contribution in [2.75, 3.05) is 0 Å². The highest BCUT2D eigenvalue weighted by atomic mass is 16.6. The first-order valence-electron chi connectivity index (χ1n) is 1.64. The highest BCUT2D eigenvalue weighted by Crippen LogP contribution is 1.42. The molecule has 5 N–H and O–H groups in total. The lowest BCUT2D eigenvalue weighted by molar-refractivity contribution is 0.137. The smallest absolute Gasteiger partial charge is 0.450 e. The fourth-order valence-corrected chi connectivity index (χ4v) is 0. The molecule has 0 aromatic heterocycles. The van der Waals surface area contributed by atoms with Gasteiger partial charge >= 0.3 is 6.16 Å². The topological polar surface area (TPSA) is 92.5 Å². The van der Waals surface area contributed by atoms with Crippen LogP contribution in [0.2, 0.25) is 0 Å². The van der Waals surface area contributed by atoms with Gasteiger partial charge in [0.25, 0.3) is 0 Å². The van der Waals surface area contributed by atoms with E-state index in [1.54, 1.807) is 6.08 Å². The van der Waals surface area contributed by atoms with Crippen LogP contribution in [-0.4, -0.2) is 16.4 Å². The average molecular weight is 121 g/mol. The molecular weight excluding hydrogens is 110 g/mol. The lowest BCUT2D eigenvalue weighted by Crippen LogP contribution is -1.81. The molecule has 0 unspecified atom stereocenters. The Morgan fingerprint density at radius 1 is 1.62 bits per heavy atom. The Morgan fingerprint density at radius 3 is 1.62 bits per heavy atom. The van der Waals surface area contributed by atoms with Crippen LogP contribution >= 0.6 is 0 Å². The van der Waals surface area contributed by atoms with Crippen molar-refractivity contribution in [2.45, 2.75) is 6.92 Å². The Kier molecular flexibility index (Phi) is 32.9. The monoisotopic (exact) mass is 121 g/mol. The number of hydrogen-bond acceptors (Lipinski definition) is 2. The van der Waals surface area contributed by atoms with Gasteiger partial charge in [0.2, 0.25) is 0 Å². The molecule has 0 heterocycles. The summed E-state index contributed by atoms with van der Waals surface area (Å²) in [6, 6.07) is 0. The zero-order valence-electron chi connectivity index (χ0n) is 4.79. The van der Waals surface area contributed by atoms with E-state index in [-0.39, 0.29) is 6.15 Å². The third kappa shape index (κ3) is 73.8. The Bertz CT molecular complexity index is 58.3. The summed E-state index contributed by atoms with van der Waals surface area (Å²) < 4.78 is 0. The zero-order chi connectivity index (χ0) is 6.28. The Morgan fingerprint density at radius 2 is 1.62 bits per heavy atom. The van der Waals surface area contributed by atoms with Gasteiger partial charge in [-0.15, -0.1) is 6.58 Å². The molecule has 0 saturated heterocycles. The maximum Gasteiger partial charge on any atom is 0.503 e. The first kappa shape index (κ1) is 15.8. The van der Waals surface area contributed by atoms with Crippen LogP contribution in [0.3, 0.4) is 0 Å². The van der Waals surface area contributed by atoms with Gasteiger partial charge in [-0.25, -0.2) is 4.79 Å². The van der Waals surface area contributed by atoms with Crippen LogP contribution < -0.4 is 6.15 Å². The van der Waals surface area contributed by atoms with Gasteiger partial charge in [0, 0.05) is 0 Å². The maximum absolute atomic E-state index is 8.56. The molecule has 0 aliphatic rings. The van der Waals surface area contributed by atoms with E-state index in [4.69, 9.17) is 15.0 Å². The van der Waals surface area contributed by atoms with Gasteiger partial charge in [0.1, 0.15) is 0 Å². The van der Waals surface area contributed by atoms with Crippen molar-refractivity contribution in [2.24, 2.45) is 0 Å². The van der Waals surface area contributed by atoms with E-state index < -0.39 is 6.16 Å². The van der Waals surface area contributed by atoms with Crippen molar-refractivity contribution < 1.29 is 15.0 Å². The second-order valence-corrected chi connectivity index (χ2v) is 0.691. The molecule has 0 bridgehead atoms. The number of hydrogen-bond donors (Lipinski definition) is 3. The second-order valence-electron chi connectivity index (χ2n) is 0.691. The van der Waals surface area contributed by atoms with Gasteiger partial charge in [-0.2, -0.15) is 0 Å². The highest BCUT2D eigenvalue weighted by Gasteiger charge is 1.70. The summed E-state index contributed by atoms with van der Waals surface area (Å²) in [6.45, 7) is 5.25. The first-order chi connectivity index (χ1) is 3.15. The van der Waals surface area contributed by atoms with E-state index in [0.29, 0.717) is 0 Å². The molecule has 0 radical (unpaired) electrons. The molecule has 0 aliphatic heterocycles. The van der Waals surface area contributed by atoms with Gasteiger partial charge < -0.3 is 16.4 Å². The molecule has 0 rings (SSSR count). The van der Waals surface area contributed by atoms with Crippen molar-refractivity contribution in [1.82, 2.24) is 6.15 Å². The predicted molar refractivity (Wildman–Crippen MR) is 31.5 cm³/mol. The fourth-order valence-electron chi connectivity index (χ4n) is 0. The molecule has 4 nitrogen and oxygen atoms in total. The molecular formula is C4H11NO3. The van der Waals surface area contributed by atoms with E-state index in [1.807, 2.05) is 6.92 Å². The fraction of sp³-hybridized carbons (Fsp3) is 0.250. The van der Waals surface area contributed by atoms with Gasteiger partial charge in [-0.3, -0.25) is 0 Å². The van der Waals surface area contributed by atoms with Crippen LogP contribution in [0.25, 0.3) is 0 Å². The molecule has 8 heavy (non-hydrogen) atoms. The van der Waals surface area contributed by atoms with E-state index in [2.05, 4.69) is 6.58 Å². The van der Waals surface area contributed by atoms with Gasteiger partial charge in [0.05, 0.1) is 0 Å². The van der Waals surface area contributed by atoms with Crippen molar-refractivity contribution in [3.8, 4) is 0 Å². The van der Waals surface area contributed by atoms with Crippen LogP contribution in [0.4, 0.5) is 4.79 Å². The summed E-state index contributed by atoms with van der Waals surface area (Å²) in [5.74, 6) is 0. The molecule has 0 aliphatic carbocycles. The molecule has 0 spiro atoms. The SMILES string of the molecule is C=CC.N.O=C(O)O. The number of allylic oxidation sites excluding steroid dienone is 1. The maximum atomic E-state index is 8.56. The number of rotatable bonds is 0. The molecule has 0 fully saturated rings. The average Bonchev–Trinajstić information content (AvgIpc) is 1.33. The summed E-state index contributed by atoms with van der Waals surface area (Å²) in [5.41, 5.74) is 0. The normalized spacial score (nSPS) is 4.62. The third-order valence-corrected chi connectivity index (χ3v) is 0.